The number of nitrogens with zero attached hydrogens (tertiary/aromatic N) is 3. The number of anilines is 3. The van der Waals surface area contributed by atoms with Gasteiger partial charge in [0.2, 0.25) is 5.91 Å². The molecule has 0 spiro atoms. The number of nitrogens with one attached hydrogen (secondary N) is 1. The third-order valence-corrected chi connectivity index (χ3v) is 7.33. The van der Waals surface area contributed by atoms with Crippen LogP contribution < -0.4 is 30.3 Å². The predicted octanol–water partition coefficient (Wildman–Crippen LogP) is 4.71. The van der Waals surface area contributed by atoms with Gasteiger partial charge in [0.1, 0.15) is 23.4 Å². The van der Waals surface area contributed by atoms with Gasteiger partial charge >= 0.3 is 0 Å². The van der Waals surface area contributed by atoms with E-state index < -0.39 is 5.91 Å². The summed E-state index contributed by atoms with van der Waals surface area (Å²) in [5.74, 6) is 1.41. The summed E-state index contributed by atoms with van der Waals surface area (Å²) in [5, 5.41) is 3.48. The molecule has 0 bridgehead atoms. The molecule has 9 nitrogen and oxygen atoms in total. The molecule has 0 aliphatic carbocycles. The molecule has 2 heterocycles. The number of methoxy groups -OCH3 is 1. The van der Waals surface area contributed by atoms with Crippen LogP contribution in [0.4, 0.5) is 17.1 Å². The maximum absolute atomic E-state index is 13.5. The van der Waals surface area contributed by atoms with Crippen molar-refractivity contribution >= 4 is 28.9 Å². The molecule has 0 radical (unpaired) electrons. The largest absolute Gasteiger partial charge is 0.497 e. The van der Waals surface area contributed by atoms with Crippen LogP contribution in [0.25, 0.3) is 0 Å². The smallest absolute Gasteiger partial charge is 0.254 e. The molecule has 0 aromatic heterocycles. The molecule has 2 aliphatic heterocycles. The van der Waals surface area contributed by atoms with Gasteiger partial charge in [-0.3, -0.25) is 9.59 Å². The van der Waals surface area contributed by atoms with Crippen molar-refractivity contribution in [2.45, 2.75) is 6.17 Å². The predicted molar refractivity (Wildman–Crippen MR) is 166 cm³/mol. The first-order chi connectivity index (χ1) is 20.4. The van der Waals surface area contributed by atoms with Gasteiger partial charge in [0, 0.05) is 37.4 Å². The molecule has 3 aromatic rings. The van der Waals surface area contributed by atoms with Crippen molar-refractivity contribution in [1.29, 1.82) is 0 Å². The van der Waals surface area contributed by atoms with Crippen LogP contribution in [0.2, 0.25) is 0 Å². The van der Waals surface area contributed by atoms with Gasteiger partial charge in [0.15, 0.2) is 0 Å². The van der Waals surface area contributed by atoms with Crippen LogP contribution in [-0.2, 0) is 4.79 Å². The first kappa shape index (κ1) is 28.4. The van der Waals surface area contributed by atoms with Crippen LogP contribution >= 0.6 is 0 Å². The number of hydrogen-bond donors (Lipinski definition) is 2. The molecule has 42 heavy (non-hydrogen) atoms. The topological polar surface area (TPSA) is 100 Å². The number of amides is 2. The second-order valence-corrected chi connectivity index (χ2v) is 10.1. The van der Waals surface area contributed by atoms with Crippen LogP contribution in [0.15, 0.2) is 104 Å². The fourth-order valence-electron chi connectivity index (χ4n) is 5.26. The van der Waals surface area contributed by atoms with Gasteiger partial charge in [-0.1, -0.05) is 37.4 Å². The zero-order valence-electron chi connectivity index (χ0n) is 23.7. The summed E-state index contributed by atoms with van der Waals surface area (Å²) >= 11 is 0. The molecule has 1 fully saturated rings. The van der Waals surface area contributed by atoms with Crippen LogP contribution in [0, 0.1) is 0 Å². The summed E-state index contributed by atoms with van der Waals surface area (Å²) in [6, 6.07) is 21.0. The highest BCUT2D eigenvalue weighted by atomic mass is 16.5. The van der Waals surface area contributed by atoms with E-state index in [-0.39, 0.29) is 18.6 Å². The lowest BCUT2D eigenvalue weighted by Crippen LogP contribution is -2.48. The number of allylic oxidation sites excluding steroid dienone is 3. The van der Waals surface area contributed by atoms with Gasteiger partial charge in [-0.2, -0.15) is 0 Å². The monoisotopic (exact) mass is 565 g/mol. The minimum atomic E-state index is -0.458. The van der Waals surface area contributed by atoms with Gasteiger partial charge in [-0.05, 0) is 66.2 Å². The Hall–Kier alpha value is -5.18. The lowest BCUT2D eigenvalue weighted by atomic mass is 10.1. The Morgan fingerprint density at radius 3 is 2.48 bits per heavy atom. The highest BCUT2D eigenvalue weighted by Crippen LogP contribution is 2.42. The number of carbonyl (C=O) groups is 2. The third kappa shape index (κ3) is 6.25. The number of ether oxygens (including phenoxy) is 2. The van der Waals surface area contributed by atoms with E-state index in [1.807, 2.05) is 76.5 Å². The lowest BCUT2D eigenvalue weighted by Gasteiger charge is -2.36. The summed E-state index contributed by atoms with van der Waals surface area (Å²) in [6.07, 6.45) is 4.73. The molecule has 2 amide bonds. The average molecular weight is 566 g/mol. The molecule has 1 atom stereocenters. The SMILES string of the molecule is C=C/C=C\C(=C)Oc1cccc(C2Nc3cc(C(=O)N4CCN(c5ccc(OC)cc5)CC4)ccc3N2CC(N)=O)c1. The van der Waals surface area contributed by atoms with Gasteiger partial charge in [0.25, 0.3) is 5.91 Å². The van der Waals surface area contributed by atoms with Gasteiger partial charge < -0.3 is 35.2 Å². The molecule has 216 valence electrons. The number of carbonyl (C=O) groups excluding carboxylic acids is 2. The molecule has 1 unspecified atom stereocenters. The minimum absolute atomic E-state index is 0.00510. The minimum Gasteiger partial charge on any atom is -0.497 e. The fourth-order valence-corrected chi connectivity index (χ4v) is 5.26. The maximum Gasteiger partial charge on any atom is 0.254 e. The molecule has 1 saturated heterocycles. The van der Waals surface area contributed by atoms with E-state index in [1.165, 1.54) is 0 Å². The normalized spacial score (nSPS) is 16.1. The molecule has 2 aliphatic rings. The summed E-state index contributed by atoms with van der Waals surface area (Å²) < 4.78 is 11.1. The number of primary amides is 1. The van der Waals surface area contributed by atoms with Crippen LogP contribution in [0.1, 0.15) is 22.1 Å². The highest BCUT2D eigenvalue weighted by molar-refractivity contribution is 5.97. The van der Waals surface area contributed by atoms with E-state index >= 15 is 0 Å². The average Bonchev–Trinajstić information content (AvgIpc) is 3.36. The standard InChI is InChI=1S/C33H35N5O4/c1-4-5-7-23(2)42-28-9-6-8-24(20-28)32-35-29-21-25(10-15-30(29)38(32)22-31(34)39)33(40)37-18-16-36(17-19-37)26-11-13-27(41-3)14-12-26/h4-15,20-21,32,35H,1-2,16-19,22H2,3H3,(H2,34,39)/b7-5-. The maximum atomic E-state index is 13.5. The number of rotatable bonds is 10. The number of piperazine rings is 1. The Labute approximate surface area is 246 Å². The number of hydrogen-bond acceptors (Lipinski definition) is 7. The van der Waals surface area contributed by atoms with Crippen molar-refractivity contribution in [3.8, 4) is 11.5 Å². The van der Waals surface area contributed by atoms with Crippen LogP contribution in [-0.4, -0.2) is 56.5 Å². The quantitative estimate of drug-likeness (QED) is 0.271. The Morgan fingerprint density at radius 2 is 1.79 bits per heavy atom. The Morgan fingerprint density at radius 1 is 1.02 bits per heavy atom. The van der Waals surface area contributed by atoms with Crippen molar-refractivity contribution in [1.82, 2.24) is 4.90 Å². The van der Waals surface area contributed by atoms with Gasteiger partial charge in [-0.25, -0.2) is 0 Å². The first-order valence-corrected chi connectivity index (χ1v) is 13.8. The van der Waals surface area contributed by atoms with E-state index in [2.05, 4.69) is 23.4 Å². The van der Waals surface area contributed by atoms with Crippen molar-refractivity contribution in [3.63, 3.8) is 0 Å². The van der Waals surface area contributed by atoms with Crippen LogP contribution in [0.5, 0.6) is 11.5 Å². The molecular weight excluding hydrogens is 530 g/mol. The lowest BCUT2D eigenvalue weighted by molar-refractivity contribution is -0.116. The van der Waals surface area contributed by atoms with Gasteiger partial charge in [-0.15, -0.1) is 0 Å². The fraction of sp³-hybridized carbons (Fsp3) is 0.212. The van der Waals surface area contributed by atoms with Crippen molar-refractivity contribution in [3.05, 3.63) is 115 Å². The molecule has 3 aromatic carbocycles. The van der Waals surface area contributed by atoms with Crippen molar-refractivity contribution in [2.24, 2.45) is 5.73 Å². The highest BCUT2D eigenvalue weighted by Gasteiger charge is 2.32. The summed E-state index contributed by atoms with van der Waals surface area (Å²) in [4.78, 5) is 31.6. The first-order valence-electron chi connectivity index (χ1n) is 13.8. The Kier molecular flexibility index (Phi) is 8.47. The number of nitrogens with two attached hydrogens (primary N) is 1. The molecular formula is C33H35N5O4. The van der Waals surface area contributed by atoms with Crippen molar-refractivity contribution < 1.29 is 19.1 Å². The second kappa shape index (κ2) is 12.6. The van der Waals surface area contributed by atoms with E-state index in [0.29, 0.717) is 30.2 Å². The zero-order valence-corrected chi connectivity index (χ0v) is 23.7. The van der Waals surface area contributed by atoms with Crippen LogP contribution in [0.3, 0.4) is 0 Å². The number of benzene rings is 3. The van der Waals surface area contributed by atoms with Crippen molar-refractivity contribution in [2.75, 3.05) is 55.0 Å². The summed E-state index contributed by atoms with van der Waals surface area (Å²) in [6.45, 7) is 10.3. The molecule has 3 N–H and O–H groups in total. The van der Waals surface area contributed by atoms with E-state index in [1.54, 1.807) is 25.3 Å². The van der Waals surface area contributed by atoms with E-state index in [9.17, 15) is 9.59 Å². The zero-order chi connectivity index (χ0) is 29.6. The molecule has 0 saturated carbocycles. The van der Waals surface area contributed by atoms with E-state index in [0.717, 1.165) is 41.5 Å². The van der Waals surface area contributed by atoms with Gasteiger partial charge in [0.05, 0.1) is 25.0 Å². The molecule has 5 rings (SSSR count). The Balaban J connectivity index is 1.30. The van der Waals surface area contributed by atoms with E-state index in [4.69, 9.17) is 15.2 Å². The Bertz CT molecular complexity index is 1510. The third-order valence-electron chi connectivity index (χ3n) is 7.33. The molecule has 9 heteroatoms. The summed E-state index contributed by atoms with van der Waals surface area (Å²) in [7, 11) is 1.65. The number of fused-ring (bicyclic) bond motifs is 1. The second-order valence-electron chi connectivity index (χ2n) is 10.1. The summed E-state index contributed by atoms with van der Waals surface area (Å²) in [5.41, 5.74) is 9.74.